The molecule has 0 spiro atoms. The van der Waals surface area contributed by atoms with E-state index in [2.05, 4.69) is 31.0 Å². The highest BCUT2D eigenvalue weighted by Gasteiger charge is 2.41. The summed E-state index contributed by atoms with van der Waals surface area (Å²) in [6.07, 6.45) is 31.3. The lowest BCUT2D eigenvalue weighted by Crippen LogP contribution is -2.57. The van der Waals surface area contributed by atoms with Gasteiger partial charge in [0.15, 0.2) is 12.4 Å². The fraction of sp³-hybridized carbons (Fsp3) is 0.893. The molecule has 0 aromatic heterocycles. The van der Waals surface area contributed by atoms with Gasteiger partial charge < -0.3 is 5.11 Å². The Labute approximate surface area is 195 Å². The van der Waals surface area contributed by atoms with Gasteiger partial charge in [0.05, 0.1) is 12.8 Å². The van der Waals surface area contributed by atoms with Crippen molar-refractivity contribution in [1.82, 2.24) is 0 Å². The first-order valence-electron chi connectivity index (χ1n) is 13.9. The molecule has 0 bridgehead atoms. The molecule has 182 valence electrons. The van der Waals surface area contributed by atoms with Crippen LogP contribution in [0.1, 0.15) is 136 Å². The second-order valence-corrected chi connectivity index (χ2v) is 9.83. The first-order chi connectivity index (χ1) is 15.2. The van der Waals surface area contributed by atoms with Crippen LogP contribution in [0.3, 0.4) is 0 Å². The maximum atomic E-state index is 10.2. The molecule has 1 N–H and O–H groups in total. The predicted molar refractivity (Wildman–Crippen MR) is 138 cm³/mol. The fourth-order valence-electron chi connectivity index (χ4n) is 5.02. The van der Waals surface area contributed by atoms with Gasteiger partial charge >= 0.3 is 0 Å². The SMILES string of the molecule is CCCCCCCCCCCCC/C=C/CCCCCCC1N=CC[N+]1(CC)C(C)O. The molecule has 3 nitrogen and oxygen atoms in total. The highest BCUT2D eigenvalue weighted by Crippen LogP contribution is 2.26. The van der Waals surface area contributed by atoms with Crippen molar-refractivity contribution >= 4 is 6.21 Å². The van der Waals surface area contributed by atoms with Gasteiger partial charge in [-0.15, -0.1) is 0 Å². The summed E-state index contributed by atoms with van der Waals surface area (Å²) in [6.45, 7) is 8.25. The molecular formula is C28H55N2O+. The topological polar surface area (TPSA) is 32.6 Å². The Morgan fingerprint density at radius 2 is 1.29 bits per heavy atom. The molecule has 0 aromatic carbocycles. The zero-order chi connectivity index (χ0) is 22.6. The summed E-state index contributed by atoms with van der Waals surface area (Å²) in [4.78, 5) is 4.67. The Kier molecular flexibility index (Phi) is 17.3. The summed E-state index contributed by atoms with van der Waals surface area (Å²) in [5.74, 6) is 0. The summed E-state index contributed by atoms with van der Waals surface area (Å²) in [6, 6.07) is 0. The van der Waals surface area contributed by atoms with E-state index in [0.29, 0.717) is 0 Å². The zero-order valence-corrected chi connectivity index (χ0v) is 21.4. The summed E-state index contributed by atoms with van der Waals surface area (Å²) < 4.78 is 0.738. The summed E-state index contributed by atoms with van der Waals surface area (Å²) in [7, 11) is 0. The molecule has 0 fully saturated rings. The first-order valence-corrected chi connectivity index (χ1v) is 13.9. The number of aliphatic hydroxyl groups is 1. The van der Waals surface area contributed by atoms with E-state index in [1.165, 1.54) is 109 Å². The van der Waals surface area contributed by atoms with Crippen molar-refractivity contribution in [1.29, 1.82) is 0 Å². The van der Waals surface area contributed by atoms with Gasteiger partial charge in [0.25, 0.3) is 0 Å². The van der Waals surface area contributed by atoms with Gasteiger partial charge in [-0.05, 0) is 39.0 Å². The molecule has 0 saturated carbocycles. The third-order valence-corrected chi connectivity index (χ3v) is 7.35. The third kappa shape index (κ3) is 12.2. The number of quaternary nitrogens is 1. The number of unbranched alkanes of at least 4 members (excludes halogenated alkanes) is 15. The number of rotatable bonds is 21. The van der Waals surface area contributed by atoms with Crippen molar-refractivity contribution in [3.05, 3.63) is 12.2 Å². The second-order valence-electron chi connectivity index (χ2n) is 9.83. The molecule has 1 rings (SSSR count). The number of hydrogen-bond donors (Lipinski definition) is 1. The van der Waals surface area contributed by atoms with Crippen LogP contribution in [0.2, 0.25) is 0 Å². The molecule has 3 unspecified atom stereocenters. The Balaban J connectivity index is 1.86. The normalized spacial score (nSPS) is 22.0. The minimum atomic E-state index is -0.317. The summed E-state index contributed by atoms with van der Waals surface area (Å²) >= 11 is 0. The van der Waals surface area contributed by atoms with E-state index in [9.17, 15) is 5.11 Å². The van der Waals surface area contributed by atoms with E-state index in [0.717, 1.165) is 24.0 Å². The van der Waals surface area contributed by atoms with E-state index in [1.54, 1.807) is 0 Å². The van der Waals surface area contributed by atoms with Crippen molar-refractivity contribution in [2.24, 2.45) is 4.99 Å². The molecule has 1 aliphatic rings. The van der Waals surface area contributed by atoms with Crippen LogP contribution in [0.5, 0.6) is 0 Å². The first kappa shape index (κ1) is 28.4. The predicted octanol–water partition coefficient (Wildman–Crippen LogP) is 8.17. The average Bonchev–Trinajstić information content (AvgIpc) is 3.19. The summed E-state index contributed by atoms with van der Waals surface area (Å²) in [5.41, 5.74) is 0. The number of aliphatic imine (C=N–C) groups is 1. The van der Waals surface area contributed by atoms with Crippen LogP contribution < -0.4 is 0 Å². The third-order valence-electron chi connectivity index (χ3n) is 7.35. The quantitative estimate of drug-likeness (QED) is 0.110. The fourth-order valence-corrected chi connectivity index (χ4v) is 5.02. The van der Waals surface area contributed by atoms with Crippen LogP contribution in [-0.4, -0.2) is 41.3 Å². The molecule has 3 heteroatoms. The molecule has 0 radical (unpaired) electrons. The van der Waals surface area contributed by atoms with E-state index in [1.807, 2.05) is 13.1 Å². The number of aliphatic hydroxyl groups excluding tert-OH is 1. The molecule has 1 heterocycles. The van der Waals surface area contributed by atoms with Gasteiger partial charge in [0.1, 0.15) is 6.54 Å². The van der Waals surface area contributed by atoms with Crippen LogP contribution in [0.25, 0.3) is 0 Å². The number of nitrogens with zero attached hydrogens (tertiary/aromatic N) is 2. The second kappa shape index (κ2) is 18.9. The molecule has 3 atom stereocenters. The Bertz CT molecular complexity index is 460. The maximum absolute atomic E-state index is 10.2. The van der Waals surface area contributed by atoms with Gasteiger partial charge in [0.2, 0.25) is 0 Å². The van der Waals surface area contributed by atoms with Crippen LogP contribution in [0, 0.1) is 0 Å². The largest absolute Gasteiger partial charge is 0.345 e. The average molecular weight is 436 g/mol. The van der Waals surface area contributed by atoms with Crippen molar-refractivity contribution in [3.8, 4) is 0 Å². The lowest BCUT2D eigenvalue weighted by Gasteiger charge is -2.40. The van der Waals surface area contributed by atoms with Crippen LogP contribution in [-0.2, 0) is 0 Å². The Hall–Kier alpha value is -0.670. The van der Waals surface area contributed by atoms with E-state index < -0.39 is 0 Å². The molecule has 0 amide bonds. The van der Waals surface area contributed by atoms with E-state index >= 15 is 0 Å². The lowest BCUT2D eigenvalue weighted by molar-refractivity contribution is -0.976. The number of allylic oxidation sites excluding steroid dienone is 2. The maximum Gasteiger partial charge on any atom is 0.189 e. The van der Waals surface area contributed by atoms with Crippen molar-refractivity contribution in [3.63, 3.8) is 0 Å². The smallest absolute Gasteiger partial charge is 0.189 e. The minimum absolute atomic E-state index is 0.274. The molecule has 0 saturated heterocycles. The van der Waals surface area contributed by atoms with Gasteiger partial charge in [-0.3, -0.25) is 4.48 Å². The van der Waals surface area contributed by atoms with E-state index in [4.69, 9.17) is 0 Å². The van der Waals surface area contributed by atoms with Gasteiger partial charge in [-0.1, -0.05) is 96.1 Å². The van der Waals surface area contributed by atoms with Gasteiger partial charge in [-0.2, -0.15) is 0 Å². The highest BCUT2D eigenvalue weighted by atomic mass is 16.3. The standard InChI is InChI=1S/C28H55N2O/c1-4-6-7-8-9-10-11-12-13-14-15-16-17-18-19-20-21-22-23-24-28-29-25-26-30(28,5-2)27(3)31/h17-18,25,27-28,31H,4-16,19-24,26H2,1-3H3/q+1/b18-17+. The Morgan fingerprint density at radius 1 is 0.806 bits per heavy atom. The highest BCUT2D eigenvalue weighted by molar-refractivity contribution is 5.60. The molecule has 0 aliphatic carbocycles. The monoisotopic (exact) mass is 435 g/mol. The molecular weight excluding hydrogens is 380 g/mol. The van der Waals surface area contributed by atoms with Crippen molar-refractivity contribution in [2.45, 2.75) is 149 Å². The van der Waals surface area contributed by atoms with Crippen molar-refractivity contribution < 1.29 is 9.59 Å². The van der Waals surface area contributed by atoms with Crippen LogP contribution >= 0.6 is 0 Å². The molecule has 31 heavy (non-hydrogen) atoms. The van der Waals surface area contributed by atoms with Crippen LogP contribution in [0.15, 0.2) is 17.1 Å². The van der Waals surface area contributed by atoms with E-state index in [-0.39, 0.29) is 12.4 Å². The number of hydrogen-bond acceptors (Lipinski definition) is 2. The lowest BCUT2D eigenvalue weighted by atomic mass is 10.0. The molecule has 1 aliphatic heterocycles. The van der Waals surface area contributed by atoms with Gasteiger partial charge in [-0.25, -0.2) is 4.99 Å². The van der Waals surface area contributed by atoms with Gasteiger partial charge in [0, 0.05) is 13.3 Å². The Morgan fingerprint density at radius 3 is 1.77 bits per heavy atom. The van der Waals surface area contributed by atoms with Crippen molar-refractivity contribution in [2.75, 3.05) is 13.1 Å². The minimum Gasteiger partial charge on any atom is -0.345 e. The molecule has 0 aromatic rings. The zero-order valence-electron chi connectivity index (χ0n) is 21.4. The summed E-state index contributed by atoms with van der Waals surface area (Å²) in [5, 5.41) is 10.2. The van der Waals surface area contributed by atoms with Crippen LogP contribution in [0.4, 0.5) is 0 Å².